The van der Waals surface area contributed by atoms with Gasteiger partial charge in [0.15, 0.2) is 0 Å². The minimum atomic E-state index is -4.66. The Morgan fingerprint density at radius 1 is 1.03 bits per heavy atom. The maximum atomic E-state index is 13.2. The van der Waals surface area contributed by atoms with Gasteiger partial charge in [-0.3, -0.25) is 9.59 Å². The van der Waals surface area contributed by atoms with Crippen molar-refractivity contribution in [1.82, 2.24) is 5.32 Å². The van der Waals surface area contributed by atoms with E-state index < -0.39 is 28.9 Å². The van der Waals surface area contributed by atoms with E-state index in [1.54, 1.807) is 12.1 Å². The highest BCUT2D eigenvalue weighted by Crippen LogP contribution is 2.37. The van der Waals surface area contributed by atoms with Gasteiger partial charge in [-0.1, -0.05) is 32.9 Å². The van der Waals surface area contributed by atoms with Crippen LogP contribution in [-0.4, -0.2) is 37.7 Å². The van der Waals surface area contributed by atoms with Gasteiger partial charge in [-0.2, -0.15) is 13.2 Å². The molecule has 0 aliphatic carbocycles. The van der Waals surface area contributed by atoms with Gasteiger partial charge < -0.3 is 26.0 Å². The van der Waals surface area contributed by atoms with Crippen LogP contribution in [0.15, 0.2) is 42.5 Å². The van der Waals surface area contributed by atoms with Crippen molar-refractivity contribution in [2.24, 2.45) is 5.41 Å². The summed E-state index contributed by atoms with van der Waals surface area (Å²) in [5.74, 6) is -1.21. The van der Waals surface area contributed by atoms with Crippen LogP contribution in [0.3, 0.4) is 0 Å². The smallest absolute Gasteiger partial charge is 0.380 e. The minimum Gasteiger partial charge on any atom is -0.380 e. The number of ether oxygens (including phenoxy) is 1. The van der Waals surface area contributed by atoms with Crippen LogP contribution in [0.5, 0.6) is 0 Å². The number of nitrogens with one attached hydrogen (secondary N) is 4. The number of fused-ring (bicyclic) bond motifs is 1. The Labute approximate surface area is 190 Å². The first-order valence-corrected chi connectivity index (χ1v) is 10.3. The van der Waals surface area contributed by atoms with Crippen LogP contribution in [0.2, 0.25) is 0 Å². The molecule has 4 N–H and O–H groups in total. The van der Waals surface area contributed by atoms with Crippen molar-refractivity contribution in [3.63, 3.8) is 0 Å². The lowest BCUT2D eigenvalue weighted by atomic mass is 9.96. The number of halogens is 3. The molecule has 1 aliphatic heterocycles. The molecule has 0 radical (unpaired) electrons. The number of carbonyl (C=O) groups excluding carboxylic acids is 2. The predicted octanol–water partition coefficient (Wildman–Crippen LogP) is 4.30. The summed E-state index contributed by atoms with van der Waals surface area (Å²) >= 11 is 0. The lowest BCUT2D eigenvalue weighted by Crippen LogP contribution is -2.59. The molecule has 0 fully saturated rings. The molecular weight excluding hydrogens is 437 g/mol. The van der Waals surface area contributed by atoms with E-state index >= 15 is 0 Å². The van der Waals surface area contributed by atoms with Gasteiger partial charge in [0, 0.05) is 19.3 Å². The average molecular weight is 464 g/mol. The minimum absolute atomic E-state index is 0.0122. The fourth-order valence-corrected chi connectivity index (χ4v) is 3.42. The van der Waals surface area contributed by atoms with Crippen LogP contribution in [0, 0.1) is 5.41 Å². The van der Waals surface area contributed by atoms with E-state index in [-0.39, 0.29) is 23.6 Å². The van der Waals surface area contributed by atoms with E-state index in [1.165, 1.54) is 25.3 Å². The highest BCUT2D eigenvalue weighted by molar-refractivity contribution is 6.06. The molecule has 33 heavy (non-hydrogen) atoms. The summed E-state index contributed by atoms with van der Waals surface area (Å²) in [5.41, 5.74) is -1.53. The van der Waals surface area contributed by atoms with Gasteiger partial charge in [-0.25, -0.2) is 0 Å². The molecule has 2 aromatic carbocycles. The number of methoxy groups -OCH3 is 1. The van der Waals surface area contributed by atoms with Crippen LogP contribution >= 0.6 is 0 Å². The molecule has 1 unspecified atom stereocenters. The fourth-order valence-electron chi connectivity index (χ4n) is 3.42. The third-order valence-corrected chi connectivity index (χ3v) is 4.98. The van der Waals surface area contributed by atoms with Crippen molar-refractivity contribution in [2.75, 3.05) is 36.2 Å². The number of benzene rings is 2. The largest absolute Gasteiger partial charge is 0.417 e. The van der Waals surface area contributed by atoms with Crippen molar-refractivity contribution in [3.05, 3.63) is 53.6 Å². The van der Waals surface area contributed by atoms with Crippen molar-refractivity contribution < 1.29 is 27.5 Å². The Morgan fingerprint density at radius 3 is 2.33 bits per heavy atom. The summed E-state index contributed by atoms with van der Waals surface area (Å²) < 4.78 is 45.0. The molecule has 178 valence electrons. The maximum absolute atomic E-state index is 13.2. The molecule has 10 heteroatoms. The number of amides is 2. The number of hydrogen-bond acceptors (Lipinski definition) is 5. The molecule has 0 spiro atoms. The van der Waals surface area contributed by atoms with Gasteiger partial charge in [0.05, 0.1) is 29.1 Å². The zero-order valence-electron chi connectivity index (χ0n) is 18.8. The Kier molecular flexibility index (Phi) is 6.60. The first-order chi connectivity index (χ1) is 15.3. The zero-order chi connectivity index (χ0) is 24.4. The Balaban J connectivity index is 1.80. The second-order valence-electron chi connectivity index (χ2n) is 9.09. The van der Waals surface area contributed by atoms with Gasteiger partial charge in [0.25, 0.3) is 11.8 Å². The third-order valence-electron chi connectivity index (χ3n) is 4.98. The molecule has 2 aromatic rings. The molecule has 1 aliphatic rings. The lowest BCUT2D eigenvalue weighted by Gasteiger charge is -2.30. The van der Waals surface area contributed by atoms with Crippen molar-refractivity contribution in [1.29, 1.82) is 0 Å². The monoisotopic (exact) mass is 464 g/mol. The highest BCUT2D eigenvalue weighted by atomic mass is 19.4. The first kappa shape index (κ1) is 24.4. The van der Waals surface area contributed by atoms with Crippen molar-refractivity contribution >= 4 is 28.9 Å². The summed E-state index contributed by atoms with van der Waals surface area (Å²) in [5, 5.41) is 11.6. The molecule has 2 amide bonds. The number of carbonyl (C=O) groups is 2. The first-order valence-electron chi connectivity index (χ1n) is 10.3. The molecule has 1 atom stereocenters. The quantitative estimate of drug-likeness (QED) is 0.512. The second-order valence-corrected chi connectivity index (χ2v) is 9.09. The Bertz CT molecular complexity index is 1050. The van der Waals surface area contributed by atoms with E-state index in [0.717, 1.165) is 12.1 Å². The summed E-state index contributed by atoms with van der Waals surface area (Å²) in [6, 6.07) is 9.29. The summed E-state index contributed by atoms with van der Waals surface area (Å²) in [7, 11) is 1.47. The van der Waals surface area contributed by atoms with E-state index in [2.05, 4.69) is 21.3 Å². The molecule has 1 heterocycles. The van der Waals surface area contributed by atoms with Crippen LogP contribution in [0.4, 0.5) is 30.2 Å². The number of alkyl halides is 3. The van der Waals surface area contributed by atoms with Crippen LogP contribution in [0.1, 0.15) is 36.7 Å². The van der Waals surface area contributed by atoms with Gasteiger partial charge in [0.1, 0.15) is 0 Å². The molecular formula is C23H27F3N4O3. The van der Waals surface area contributed by atoms with Crippen molar-refractivity contribution in [2.45, 2.75) is 32.6 Å². The van der Waals surface area contributed by atoms with Gasteiger partial charge in [0.2, 0.25) is 5.66 Å². The zero-order valence-corrected chi connectivity index (χ0v) is 18.8. The molecule has 0 bridgehead atoms. The van der Waals surface area contributed by atoms with Crippen LogP contribution in [-0.2, 0) is 15.7 Å². The normalized spacial score (nSPS) is 17.5. The second kappa shape index (κ2) is 8.93. The van der Waals surface area contributed by atoms with Crippen LogP contribution < -0.4 is 21.3 Å². The molecule has 3 rings (SSSR count). The van der Waals surface area contributed by atoms with E-state index in [1.807, 2.05) is 20.8 Å². The number of hydrogen-bond donors (Lipinski definition) is 4. The molecule has 0 saturated carbocycles. The van der Waals surface area contributed by atoms with E-state index in [0.29, 0.717) is 17.9 Å². The molecule has 0 aromatic heterocycles. The number of rotatable bonds is 6. The highest BCUT2D eigenvalue weighted by Gasteiger charge is 2.44. The Hall–Kier alpha value is -3.27. The maximum Gasteiger partial charge on any atom is 0.417 e. The standard InChI is InChI=1S/C23H27F3N4O3/c1-21(2,3)12-27-20(32)22(13-33-4)29-17-10-9-14(11-18(17)30-22)28-19(31)15-7-5-6-8-16(15)23(24,25)26/h5-11,29-30H,12-13H2,1-4H3,(H,27,32)(H,28,31). The fraction of sp³-hybridized carbons (Fsp3) is 0.391. The van der Waals surface area contributed by atoms with Gasteiger partial charge in [-0.15, -0.1) is 0 Å². The lowest BCUT2D eigenvalue weighted by molar-refractivity contribution is -0.137. The number of anilines is 3. The van der Waals surface area contributed by atoms with E-state index in [4.69, 9.17) is 4.74 Å². The van der Waals surface area contributed by atoms with Gasteiger partial charge in [-0.05, 0) is 35.7 Å². The third kappa shape index (κ3) is 5.57. The predicted molar refractivity (Wildman–Crippen MR) is 120 cm³/mol. The topological polar surface area (TPSA) is 91.5 Å². The van der Waals surface area contributed by atoms with Crippen molar-refractivity contribution in [3.8, 4) is 0 Å². The molecule has 7 nitrogen and oxygen atoms in total. The SMILES string of the molecule is COCC1(C(=O)NCC(C)(C)C)Nc2ccc(NC(=O)c3ccccc3C(F)(F)F)cc2N1. The summed E-state index contributed by atoms with van der Waals surface area (Å²) in [6.07, 6.45) is -4.66. The average Bonchev–Trinajstić information content (AvgIpc) is 3.09. The summed E-state index contributed by atoms with van der Waals surface area (Å²) in [6.45, 7) is 6.43. The Morgan fingerprint density at radius 2 is 1.70 bits per heavy atom. The van der Waals surface area contributed by atoms with Gasteiger partial charge >= 0.3 is 6.18 Å². The molecule has 0 saturated heterocycles. The van der Waals surface area contributed by atoms with Crippen LogP contribution in [0.25, 0.3) is 0 Å². The summed E-state index contributed by atoms with van der Waals surface area (Å²) in [4.78, 5) is 25.5. The van der Waals surface area contributed by atoms with E-state index in [9.17, 15) is 22.8 Å².